The van der Waals surface area contributed by atoms with E-state index >= 15 is 0 Å². The molecule has 1 aromatic rings. The van der Waals surface area contributed by atoms with Gasteiger partial charge in [0.15, 0.2) is 0 Å². The maximum atomic E-state index is 5.64. The van der Waals surface area contributed by atoms with Gasteiger partial charge in [0.1, 0.15) is 5.82 Å². The predicted molar refractivity (Wildman–Crippen MR) is 93.9 cm³/mol. The van der Waals surface area contributed by atoms with E-state index in [-0.39, 0.29) is 0 Å². The van der Waals surface area contributed by atoms with Crippen LogP contribution in [0, 0.1) is 6.92 Å². The molecular formula is C18H28N4O. The van der Waals surface area contributed by atoms with E-state index in [1.54, 1.807) is 5.57 Å². The summed E-state index contributed by atoms with van der Waals surface area (Å²) in [6, 6.07) is 1.99. The van der Waals surface area contributed by atoms with Gasteiger partial charge in [-0.05, 0) is 51.9 Å². The van der Waals surface area contributed by atoms with Crippen molar-refractivity contribution in [1.29, 1.82) is 0 Å². The molecule has 5 nitrogen and oxygen atoms in total. The van der Waals surface area contributed by atoms with Crippen molar-refractivity contribution in [2.75, 3.05) is 30.3 Å². The zero-order valence-electron chi connectivity index (χ0n) is 14.1. The van der Waals surface area contributed by atoms with E-state index < -0.39 is 0 Å². The first kappa shape index (κ1) is 16.2. The van der Waals surface area contributed by atoms with E-state index in [2.05, 4.69) is 26.7 Å². The predicted octanol–water partition coefficient (Wildman–Crippen LogP) is 3.68. The highest BCUT2D eigenvalue weighted by atomic mass is 16.5. The minimum atomic E-state index is 0.319. The van der Waals surface area contributed by atoms with E-state index in [1.807, 2.05) is 13.0 Å². The summed E-state index contributed by atoms with van der Waals surface area (Å²) in [4.78, 5) is 9.05. The smallest absolute Gasteiger partial charge is 0.224 e. The summed E-state index contributed by atoms with van der Waals surface area (Å²) >= 11 is 0. The molecule has 2 heterocycles. The van der Waals surface area contributed by atoms with Crippen LogP contribution in [-0.4, -0.2) is 35.8 Å². The lowest BCUT2D eigenvalue weighted by molar-refractivity contribution is 0.120. The summed E-state index contributed by atoms with van der Waals surface area (Å²) in [5.74, 6) is 1.60. The molecular weight excluding hydrogens is 288 g/mol. The zero-order valence-corrected chi connectivity index (χ0v) is 14.1. The number of nitrogens with zero attached hydrogens (tertiary/aromatic N) is 2. The van der Waals surface area contributed by atoms with Crippen molar-refractivity contribution in [3.05, 3.63) is 23.4 Å². The largest absolute Gasteiger partial charge is 0.376 e. The minimum Gasteiger partial charge on any atom is -0.376 e. The second kappa shape index (κ2) is 8.29. The minimum absolute atomic E-state index is 0.319. The summed E-state index contributed by atoms with van der Waals surface area (Å²) in [5.41, 5.74) is 2.56. The summed E-state index contributed by atoms with van der Waals surface area (Å²) in [5, 5.41) is 6.75. The lowest BCUT2D eigenvalue weighted by atomic mass is 9.97. The Morgan fingerprint density at radius 2 is 2.17 bits per heavy atom. The summed E-state index contributed by atoms with van der Waals surface area (Å²) < 4.78 is 5.64. The highest BCUT2D eigenvalue weighted by Gasteiger charge is 2.15. The average Bonchev–Trinajstić information content (AvgIpc) is 3.07. The number of anilines is 2. The normalized spacial score (nSPS) is 21.1. The van der Waals surface area contributed by atoms with Crippen molar-refractivity contribution >= 4 is 11.8 Å². The molecule has 3 rings (SSSR count). The van der Waals surface area contributed by atoms with Gasteiger partial charge in [0, 0.05) is 31.5 Å². The summed E-state index contributed by atoms with van der Waals surface area (Å²) in [7, 11) is 0. The Morgan fingerprint density at radius 3 is 2.96 bits per heavy atom. The third-order valence-electron chi connectivity index (χ3n) is 4.50. The maximum Gasteiger partial charge on any atom is 0.224 e. The van der Waals surface area contributed by atoms with Gasteiger partial charge < -0.3 is 15.4 Å². The van der Waals surface area contributed by atoms with Crippen LogP contribution in [0.4, 0.5) is 11.8 Å². The van der Waals surface area contributed by atoms with Crippen LogP contribution in [-0.2, 0) is 4.74 Å². The first-order valence-corrected chi connectivity index (χ1v) is 8.92. The van der Waals surface area contributed by atoms with Gasteiger partial charge in [0.05, 0.1) is 6.10 Å². The molecule has 1 aromatic heterocycles. The fourth-order valence-corrected chi connectivity index (χ4v) is 3.23. The first-order chi connectivity index (χ1) is 11.3. The van der Waals surface area contributed by atoms with Crippen molar-refractivity contribution in [3.8, 4) is 0 Å². The van der Waals surface area contributed by atoms with Gasteiger partial charge in [0.2, 0.25) is 5.95 Å². The molecule has 126 valence electrons. The van der Waals surface area contributed by atoms with Gasteiger partial charge in [-0.25, -0.2) is 4.98 Å². The number of allylic oxidation sites excluding steroid dienone is 1. The van der Waals surface area contributed by atoms with Crippen LogP contribution >= 0.6 is 0 Å². The molecule has 1 saturated heterocycles. The zero-order chi connectivity index (χ0) is 15.9. The van der Waals surface area contributed by atoms with Crippen LogP contribution in [0.1, 0.15) is 50.6 Å². The Kier molecular flexibility index (Phi) is 5.86. The first-order valence-electron chi connectivity index (χ1n) is 8.92. The molecule has 1 aliphatic carbocycles. The number of nitrogens with one attached hydrogen (secondary N) is 2. The molecule has 0 saturated carbocycles. The van der Waals surface area contributed by atoms with Gasteiger partial charge in [0.25, 0.3) is 0 Å². The van der Waals surface area contributed by atoms with Crippen LogP contribution < -0.4 is 10.6 Å². The van der Waals surface area contributed by atoms with Crippen molar-refractivity contribution in [2.45, 2.75) is 58.0 Å². The van der Waals surface area contributed by atoms with Crippen LogP contribution in [0.15, 0.2) is 17.7 Å². The molecule has 2 N–H and O–H groups in total. The highest BCUT2D eigenvalue weighted by molar-refractivity contribution is 5.42. The SMILES string of the molecule is Cc1cc(NCC2CCCO2)nc(NCCC2=CCCCC2)n1. The Balaban J connectivity index is 1.49. The third-order valence-corrected chi connectivity index (χ3v) is 4.50. The Labute approximate surface area is 138 Å². The number of rotatable bonds is 7. The number of aromatic nitrogens is 2. The summed E-state index contributed by atoms with van der Waals surface area (Å²) in [6.45, 7) is 4.62. The molecule has 2 aliphatic rings. The number of aryl methyl sites for hydroxylation is 1. The van der Waals surface area contributed by atoms with Crippen molar-refractivity contribution in [2.24, 2.45) is 0 Å². The molecule has 1 atom stereocenters. The van der Waals surface area contributed by atoms with E-state index in [9.17, 15) is 0 Å². The van der Waals surface area contributed by atoms with E-state index in [4.69, 9.17) is 4.74 Å². The molecule has 0 bridgehead atoms. The van der Waals surface area contributed by atoms with Crippen molar-refractivity contribution in [1.82, 2.24) is 9.97 Å². The molecule has 0 spiro atoms. The van der Waals surface area contributed by atoms with Gasteiger partial charge in [-0.3, -0.25) is 0 Å². The molecule has 5 heteroatoms. The van der Waals surface area contributed by atoms with Crippen LogP contribution in [0.5, 0.6) is 0 Å². The van der Waals surface area contributed by atoms with Crippen LogP contribution in [0.3, 0.4) is 0 Å². The fourth-order valence-electron chi connectivity index (χ4n) is 3.23. The summed E-state index contributed by atoms with van der Waals surface area (Å²) in [6.07, 6.45) is 11.3. The van der Waals surface area contributed by atoms with Crippen LogP contribution in [0.25, 0.3) is 0 Å². The van der Waals surface area contributed by atoms with Crippen LogP contribution in [0.2, 0.25) is 0 Å². The van der Waals surface area contributed by atoms with Gasteiger partial charge in [-0.1, -0.05) is 11.6 Å². The molecule has 0 amide bonds. The van der Waals surface area contributed by atoms with Crippen molar-refractivity contribution < 1.29 is 4.74 Å². The molecule has 23 heavy (non-hydrogen) atoms. The third kappa shape index (κ3) is 5.20. The topological polar surface area (TPSA) is 59.1 Å². The number of hydrogen-bond donors (Lipinski definition) is 2. The lowest BCUT2D eigenvalue weighted by Gasteiger charge is -2.14. The van der Waals surface area contributed by atoms with E-state index in [0.29, 0.717) is 6.10 Å². The number of ether oxygens (including phenoxy) is 1. The van der Waals surface area contributed by atoms with E-state index in [1.165, 1.54) is 25.7 Å². The molecule has 0 aromatic carbocycles. The van der Waals surface area contributed by atoms with E-state index in [0.717, 1.165) is 56.4 Å². The second-order valence-electron chi connectivity index (χ2n) is 6.52. The quantitative estimate of drug-likeness (QED) is 0.752. The second-order valence-corrected chi connectivity index (χ2v) is 6.52. The van der Waals surface area contributed by atoms with Gasteiger partial charge in [-0.2, -0.15) is 4.98 Å². The number of hydrogen-bond acceptors (Lipinski definition) is 5. The maximum absolute atomic E-state index is 5.64. The average molecular weight is 316 g/mol. The van der Waals surface area contributed by atoms with Gasteiger partial charge in [-0.15, -0.1) is 0 Å². The monoisotopic (exact) mass is 316 g/mol. The molecule has 1 unspecified atom stereocenters. The standard InChI is InChI=1S/C18H28N4O/c1-14-12-17(20-13-16-8-5-11-23-16)22-18(21-14)19-10-9-15-6-3-2-4-7-15/h6,12,16H,2-5,7-11,13H2,1H3,(H2,19,20,21,22). The lowest BCUT2D eigenvalue weighted by Crippen LogP contribution is -2.19. The highest BCUT2D eigenvalue weighted by Crippen LogP contribution is 2.20. The fraction of sp³-hybridized carbons (Fsp3) is 0.667. The molecule has 1 aliphatic heterocycles. The van der Waals surface area contributed by atoms with Crippen molar-refractivity contribution in [3.63, 3.8) is 0 Å². The molecule has 0 radical (unpaired) electrons. The Bertz CT molecular complexity index is 538. The Hall–Kier alpha value is -1.62. The molecule has 1 fully saturated rings. The Morgan fingerprint density at radius 1 is 1.22 bits per heavy atom. The van der Waals surface area contributed by atoms with Gasteiger partial charge >= 0.3 is 0 Å².